The van der Waals surface area contributed by atoms with Crippen molar-refractivity contribution in [3.8, 4) is 17.0 Å². The van der Waals surface area contributed by atoms with Crippen LogP contribution in [0.3, 0.4) is 0 Å². The van der Waals surface area contributed by atoms with Gasteiger partial charge < -0.3 is 20.1 Å². The fourth-order valence-electron chi connectivity index (χ4n) is 6.18. The highest BCUT2D eigenvalue weighted by atomic mass is 16.5. The van der Waals surface area contributed by atoms with Crippen LogP contribution < -0.4 is 10.2 Å². The molecular weight excluding hydrogens is 436 g/mol. The fourth-order valence-corrected chi connectivity index (χ4v) is 6.18. The van der Waals surface area contributed by atoms with Crippen molar-refractivity contribution in [1.29, 1.82) is 0 Å². The van der Waals surface area contributed by atoms with E-state index >= 15 is 0 Å². The number of anilines is 1. The fraction of sp³-hybridized carbons (Fsp3) is 0.517. The zero-order valence-electron chi connectivity index (χ0n) is 21.6. The van der Waals surface area contributed by atoms with E-state index in [1.165, 1.54) is 5.56 Å². The molecule has 6 heteroatoms. The summed E-state index contributed by atoms with van der Waals surface area (Å²) in [4.78, 5) is 2.25. The van der Waals surface area contributed by atoms with Crippen molar-refractivity contribution in [2.45, 2.75) is 76.4 Å². The molecular formula is C29H38N4O2. The van der Waals surface area contributed by atoms with Crippen LogP contribution in [0.1, 0.15) is 64.9 Å². The highest BCUT2D eigenvalue weighted by Gasteiger charge is 2.39. The van der Waals surface area contributed by atoms with Gasteiger partial charge >= 0.3 is 0 Å². The van der Waals surface area contributed by atoms with Gasteiger partial charge in [0.25, 0.3) is 0 Å². The Morgan fingerprint density at radius 1 is 0.914 bits per heavy atom. The summed E-state index contributed by atoms with van der Waals surface area (Å²) in [6, 6.07) is 14.8. The summed E-state index contributed by atoms with van der Waals surface area (Å²) in [6.45, 7) is 10.7. The molecule has 3 aromatic rings. The molecule has 2 N–H and O–H groups in total. The third-order valence-corrected chi connectivity index (χ3v) is 7.68. The Morgan fingerprint density at radius 2 is 1.63 bits per heavy atom. The highest BCUT2D eigenvalue weighted by Crippen LogP contribution is 2.36. The summed E-state index contributed by atoms with van der Waals surface area (Å²) in [7, 11) is 2.11. The molecule has 3 heterocycles. The highest BCUT2D eigenvalue weighted by molar-refractivity contribution is 5.90. The minimum absolute atomic E-state index is 0.0650. The van der Waals surface area contributed by atoms with Crippen molar-refractivity contribution in [2.24, 2.45) is 0 Å². The number of aromatic hydroxyl groups is 1. The van der Waals surface area contributed by atoms with E-state index in [0.29, 0.717) is 23.2 Å². The molecule has 0 atom stereocenters. The Bertz CT molecular complexity index is 1180. The van der Waals surface area contributed by atoms with E-state index in [1.54, 1.807) is 0 Å². The van der Waals surface area contributed by atoms with Gasteiger partial charge in [0.05, 0.1) is 5.69 Å². The minimum atomic E-state index is 0.0650. The number of benzene rings is 2. The summed E-state index contributed by atoms with van der Waals surface area (Å²) in [5.74, 6) is 1.62. The molecule has 0 radical (unpaired) electrons. The van der Waals surface area contributed by atoms with Gasteiger partial charge in [0.2, 0.25) is 0 Å². The Morgan fingerprint density at radius 3 is 2.29 bits per heavy atom. The normalized spacial score (nSPS) is 20.7. The molecule has 2 aliphatic rings. The molecule has 2 aliphatic heterocycles. The van der Waals surface area contributed by atoms with E-state index in [0.717, 1.165) is 55.5 Å². The maximum Gasteiger partial charge on any atom is 0.151 e. The first-order valence-corrected chi connectivity index (χ1v) is 12.8. The van der Waals surface area contributed by atoms with Crippen molar-refractivity contribution in [3.63, 3.8) is 0 Å². The average molecular weight is 475 g/mol. The number of phenolic OH excluding ortho intramolecular Hbond substituents is 1. The maximum absolute atomic E-state index is 10.9. The molecule has 0 aliphatic carbocycles. The first kappa shape index (κ1) is 24.0. The van der Waals surface area contributed by atoms with Crippen molar-refractivity contribution in [1.82, 2.24) is 15.5 Å². The largest absolute Gasteiger partial charge is 0.507 e. The Balaban J connectivity index is 1.38. The number of nitrogens with zero attached hydrogens (tertiary/aromatic N) is 3. The van der Waals surface area contributed by atoms with Gasteiger partial charge in [-0.25, -0.2) is 0 Å². The van der Waals surface area contributed by atoms with E-state index in [-0.39, 0.29) is 16.8 Å². The molecule has 0 spiro atoms. The second-order valence-electron chi connectivity index (χ2n) is 11.7. The van der Waals surface area contributed by atoms with Gasteiger partial charge in [-0.15, -0.1) is 10.2 Å². The number of fused-ring (bicyclic) bond motifs is 1. The maximum atomic E-state index is 10.9. The molecule has 0 bridgehead atoms. The lowest BCUT2D eigenvalue weighted by atomic mass is 9.79. The third kappa shape index (κ3) is 5.14. The standard InChI is InChI=1S/C29H38N4O2/c1-28(2)17-23(18-29(3,4)32-28)33(5)27-9-8-25(30-31-27)24-15-21-7-6-20(14-22(21)16-26(24)34)19-10-12-35-13-11-19/h6-9,14-16,19,23,32,34H,10-13,17-18H2,1-5H3. The van der Waals surface area contributed by atoms with Gasteiger partial charge in [-0.2, -0.15) is 0 Å². The second-order valence-corrected chi connectivity index (χ2v) is 11.7. The van der Waals surface area contributed by atoms with Gasteiger partial charge in [-0.1, -0.05) is 18.2 Å². The molecule has 2 saturated heterocycles. The lowest BCUT2D eigenvalue weighted by Crippen LogP contribution is -2.62. The molecule has 5 rings (SSSR count). The smallest absolute Gasteiger partial charge is 0.151 e. The van der Waals surface area contributed by atoms with Crippen LogP contribution >= 0.6 is 0 Å². The first-order valence-electron chi connectivity index (χ1n) is 12.8. The van der Waals surface area contributed by atoms with Crippen LogP contribution in [0.25, 0.3) is 22.0 Å². The SMILES string of the molecule is CN(c1ccc(-c2cc3ccc(C4CCOCC4)cc3cc2O)nn1)C1CC(C)(C)NC(C)(C)C1. The summed E-state index contributed by atoms with van der Waals surface area (Å²) in [5, 5.41) is 25.8. The Kier molecular flexibility index (Phi) is 6.22. The number of ether oxygens (including phenoxy) is 1. The van der Waals surface area contributed by atoms with Crippen molar-refractivity contribution < 1.29 is 9.84 Å². The molecule has 186 valence electrons. The van der Waals surface area contributed by atoms with Crippen molar-refractivity contribution in [2.75, 3.05) is 25.2 Å². The zero-order chi connectivity index (χ0) is 24.8. The number of aromatic nitrogens is 2. The van der Waals surface area contributed by atoms with E-state index in [4.69, 9.17) is 4.74 Å². The zero-order valence-corrected chi connectivity index (χ0v) is 21.6. The van der Waals surface area contributed by atoms with Gasteiger partial charge in [0, 0.05) is 42.9 Å². The third-order valence-electron chi connectivity index (χ3n) is 7.68. The second kappa shape index (κ2) is 9.07. The van der Waals surface area contributed by atoms with Gasteiger partial charge in [0.1, 0.15) is 5.75 Å². The lowest BCUT2D eigenvalue weighted by molar-refractivity contribution is 0.0853. The number of phenols is 1. The van der Waals surface area contributed by atoms with Gasteiger partial charge in [0.15, 0.2) is 5.82 Å². The molecule has 2 fully saturated rings. The van der Waals surface area contributed by atoms with Crippen LogP contribution in [0.4, 0.5) is 5.82 Å². The molecule has 35 heavy (non-hydrogen) atoms. The van der Waals surface area contributed by atoms with Gasteiger partial charge in [-0.05, 0) is 99.9 Å². The predicted octanol–water partition coefficient (Wildman–Crippen LogP) is 5.64. The predicted molar refractivity (Wildman–Crippen MR) is 142 cm³/mol. The number of piperidine rings is 1. The minimum Gasteiger partial charge on any atom is -0.507 e. The lowest BCUT2D eigenvalue weighted by Gasteiger charge is -2.49. The Labute approximate surface area is 208 Å². The van der Waals surface area contributed by atoms with Crippen LogP contribution in [0.5, 0.6) is 5.75 Å². The van der Waals surface area contributed by atoms with Gasteiger partial charge in [-0.3, -0.25) is 0 Å². The number of hydrogen-bond acceptors (Lipinski definition) is 6. The summed E-state index contributed by atoms with van der Waals surface area (Å²) in [5.41, 5.74) is 2.85. The molecule has 0 saturated carbocycles. The van der Waals surface area contributed by atoms with Crippen molar-refractivity contribution in [3.05, 3.63) is 48.0 Å². The quantitative estimate of drug-likeness (QED) is 0.510. The van der Waals surface area contributed by atoms with Crippen LogP contribution in [-0.4, -0.2) is 52.7 Å². The number of hydrogen-bond donors (Lipinski definition) is 2. The van der Waals surface area contributed by atoms with Crippen molar-refractivity contribution >= 4 is 16.6 Å². The molecule has 6 nitrogen and oxygen atoms in total. The summed E-state index contributed by atoms with van der Waals surface area (Å²) in [6.07, 6.45) is 4.19. The average Bonchev–Trinajstić information content (AvgIpc) is 2.81. The Hall–Kier alpha value is -2.70. The number of nitrogens with one attached hydrogen (secondary N) is 1. The van der Waals surface area contributed by atoms with E-state index in [2.05, 4.69) is 73.4 Å². The molecule has 1 aromatic heterocycles. The van der Waals surface area contributed by atoms with Crippen LogP contribution in [0.2, 0.25) is 0 Å². The van der Waals surface area contributed by atoms with E-state index < -0.39 is 0 Å². The van der Waals surface area contributed by atoms with E-state index in [1.807, 2.05) is 24.3 Å². The monoisotopic (exact) mass is 474 g/mol. The molecule has 2 aromatic carbocycles. The van der Waals surface area contributed by atoms with Crippen LogP contribution in [0.15, 0.2) is 42.5 Å². The molecule has 0 amide bonds. The summed E-state index contributed by atoms with van der Waals surface area (Å²) >= 11 is 0. The molecule has 0 unspecified atom stereocenters. The summed E-state index contributed by atoms with van der Waals surface area (Å²) < 4.78 is 5.51. The van der Waals surface area contributed by atoms with Crippen LogP contribution in [0, 0.1) is 0 Å². The first-order chi connectivity index (χ1) is 16.6. The van der Waals surface area contributed by atoms with E-state index in [9.17, 15) is 5.11 Å². The van der Waals surface area contributed by atoms with Crippen LogP contribution in [-0.2, 0) is 4.74 Å². The number of rotatable bonds is 4. The topological polar surface area (TPSA) is 70.5 Å².